The van der Waals surface area contributed by atoms with E-state index >= 15 is 0 Å². The smallest absolute Gasteiger partial charge is 0.281 e. The molecule has 0 aliphatic carbocycles. The number of aryl methyl sites for hydroxylation is 1. The van der Waals surface area contributed by atoms with Gasteiger partial charge in [-0.3, -0.25) is 9.52 Å². The number of nitrogens with one attached hydrogen (secondary N) is 2. The normalized spacial score (nSPS) is 11.3. The number of carbonyl (C=O) groups excluding carboxylic acids is 1. The summed E-state index contributed by atoms with van der Waals surface area (Å²) in [7, 11) is -2.75. The average Bonchev–Trinajstić information content (AvgIpc) is 3.28. The standard InChI is InChI=1S/C24H21ClFN5O5S2/c1-12-8-15(28-10-14-4-3-5-18(36-2)20(14)32)11-29-23(12)38(34,35)31-24-30-19(21(37-24)22(27)33)13-6-7-17(26)16(25)9-13/h3-9,11,28,32H,10H2,1-2H3,(H2,27,33)(H,30,31). The van der Waals surface area contributed by atoms with Crippen LogP contribution in [0.15, 0.2) is 53.7 Å². The fourth-order valence-corrected chi connectivity index (χ4v) is 5.96. The molecule has 2 heterocycles. The highest BCUT2D eigenvalue weighted by molar-refractivity contribution is 7.92. The third-order valence-electron chi connectivity index (χ3n) is 5.34. The first-order valence-corrected chi connectivity index (χ1v) is 13.5. The molecule has 0 bridgehead atoms. The van der Waals surface area contributed by atoms with E-state index in [1.165, 1.54) is 25.4 Å². The number of ether oxygens (including phenoxy) is 1. The molecule has 14 heteroatoms. The third-order valence-corrected chi connectivity index (χ3v) is 8.14. The molecule has 0 saturated heterocycles. The Morgan fingerprint density at radius 1 is 1.26 bits per heavy atom. The average molecular weight is 578 g/mol. The van der Waals surface area contributed by atoms with Crippen molar-refractivity contribution in [3.8, 4) is 22.8 Å². The van der Waals surface area contributed by atoms with Crippen molar-refractivity contribution in [1.29, 1.82) is 0 Å². The van der Waals surface area contributed by atoms with Gasteiger partial charge >= 0.3 is 0 Å². The molecule has 0 saturated carbocycles. The lowest BCUT2D eigenvalue weighted by Crippen LogP contribution is -2.16. The van der Waals surface area contributed by atoms with Crippen molar-refractivity contribution in [1.82, 2.24) is 9.97 Å². The number of rotatable bonds is 9. The predicted octanol–water partition coefficient (Wildman–Crippen LogP) is 4.53. The first kappa shape index (κ1) is 27.1. The molecule has 10 nitrogen and oxygen atoms in total. The highest BCUT2D eigenvalue weighted by Gasteiger charge is 2.24. The Hall–Kier alpha value is -3.94. The second-order valence-corrected chi connectivity index (χ2v) is 11.0. The highest BCUT2D eigenvalue weighted by Crippen LogP contribution is 2.34. The van der Waals surface area contributed by atoms with Gasteiger partial charge in [-0.2, -0.15) is 8.42 Å². The van der Waals surface area contributed by atoms with Crippen LogP contribution in [-0.2, 0) is 16.6 Å². The van der Waals surface area contributed by atoms with Crippen molar-refractivity contribution in [2.75, 3.05) is 17.1 Å². The van der Waals surface area contributed by atoms with E-state index in [-0.39, 0.29) is 38.0 Å². The summed E-state index contributed by atoms with van der Waals surface area (Å²) in [5.74, 6) is -1.17. The summed E-state index contributed by atoms with van der Waals surface area (Å²) in [5.41, 5.74) is 7.23. The molecule has 5 N–H and O–H groups in total. The number of halogens is 2. The number of phenolic OH excluding ortho intramolecular Hbond substituents is 1. The molecule has 198 valence electrons. The zero-order valence-electron chi connectivity index (χ0n) is 20.0. The molecular formula is C24H21ClFN5O5S2. The van der Waals surface area contributed by atoms with Gasteiger partial charge in [0.1, 0.15) is 10.7 Å². The molecule has 0 spiro atoms. The number of carbonyl (C=O) groups is 1. The summed E-state index contributed by atoms with van der Waals surface area (Å²) in [6, 6.07) is 10.4. The van der Waals surface area contributed by atoms with Gasteiger partial charge in [-0.15, -0.1) is 0 Å². The lowest BCUT2D eigenvalue weighted by atomic mass is 10.1. The molecule has 4 rings (SSSR count). The van der Waals surface area contributed by atoms with E-state index in [9.17, 15) is 22.7 Å². The third kappa shape index (κ3) is 5.64. The number of anilines is 2. The van der Waals surface area contributed by atoms with Gasteiger partial charge in [0, 0.05) is 17.7 Å². The van der Waals surface area contributed by atoms with Crippen LogP contribution in [0, 0.1) is 12.7 Å². The van der Waals surface area contributed by atoms with Crippen LogP contribution in [0.2, 0.25) is 5.02 Å². The molecule has 0 aliphatic heterocycles. The molecular weight excluding hydrogens is 557 g/mol. The van der Waals surface area contributed by atoms with Gasteiger partial charge in [-0.25, -0.2) is 14.4 Å². The first-order valence-electron chi connectivity index (χ1n) is 10.8. The summed E-state index contributed by atoms with van der Waals surface area (Å²) in [4.78, 5) is 20.2. The van der Waals surface area contributed by atoms with E-state index in [1.54, 1.807) is 31.2 Å². The van der Waals surface area contributed by atoms with Crippen LogP contribution in [0.1, 0.15) is 20.8 Å². The monoisotopic (exact) mass is 577 g/mol. The number of aromatic hydroxyl groups is 1. The largest absolute Gasteiger partial charge is 0.504 e. The number of primary amides is 1. The maximum absolute atomic E-state index is 13.6. The van der Waals surface area contributed by atoms with E-state index in [0.29, 0.717) is 28.1 Å². The number of pyridine rings is 1. The van der Waals surface area contributed by atoms with Crippen LogP contribution in [0.25, 0.3) is 11.3 Å². The highest BCUT2D eigenvalue weighted by atomic mass is 35.5. The van der Waals surface area contributed by atoms with Crippen molar-refractivity contribution in [2.24, 2.45) is 5.73 Å². The Bertz CT molecular complexity index is 1650. The zero-order chi connectivity index (χ0) is 27.6. The minimum Gasteiger partial charge on any atom is -0.504 e. The Balaban J connectivity index is 1.56. The number of nitrogens with zero attached hydrogens (tertiary/aromatic N) is 2. The second kappa shape index (κ2) is 10.8. The molecule has 2 aromatic heterocycles. The van der Waals surface area contributed by atoms with E-state index in [1.807, 2.05) is 0 Å². The van der Waals surface area contributed by atoms with Crippen LogP contribution in [0.3, 0.4) is 0 Å². The number of phenols is 1. The van der Waals surface area contributed by atoms with Gasteiger partial charge < -0.3 is 20.9 Å². The summed E-state index contributed by atoms with van der Waals surface area (Å²) in [6.07, 6.45) is 1.33. The topological polar surface area (TPSA) is 157 Å². The Kier molecular flexibility index (Phi) is 7.71. The van der Waals surface area contributed by atoms with Gasteiger partial charge in [-0.1, -0.05) is 35.1 Å². The zero-order valence-corrected chi connectivity index (χ0v) is 22.3. The first-order chi connectivity index (χ1) is 18.0. The van der Waals surface area contributed by atoms with Crippen molar-refractivity contribution in [3.63, 3.8) is 0 Å². The van der Waals surface area contributed by atoms with Crippen molar-refractivity contribution in [3.05, 3.63) is 75.5 Å². The van der Waals surface area contributed by atoms with Gasteiger partial charge in [0.25, 0.3) is 15.9 Å². The van der Waals surface area contributed by atoms with E-state index in [4.69, 9.17) is 22.1 Å². The number of thiazole rings is 1. The lowest BCUT2D eigenvalue weighted by molar-refractivity contribution is 0.100. The SMILES string of the molecule is COc1cccc(CNc2cnc(S(=O)(=O)Nc3nc(-c4ccc(F)c(Cl)c4)c(C(N)=O)s3)c(C)c2)c1O. The number of amides is 1. The summed E-state index contributed by atoms with van der Waals surface area (Å²) < 4.78 is 47.2. The Morgan fingerprint density at radius 3 is 2.68 bits per heavy atom. The molecule has 0 radical (unpaired) electrons. The Labute approximate surface area is 226 Å². The molecule has 0 atom stereocenters. The molecule has 0 fully saturated rings. The number of aromatic nitrogens is 2. The molecule has 38 heavy (non-hydrogen) atoms. The van der Waals surface area contributed by atoms with Crippen LogP contribution < -0.4 is 20.5 Å². The van der Waals surface area contributed by atoms with E-state index < -0.39 is 21.7 Å². The molecule has 1 amide bonds. The van der Waals surface area contributed by atoms with Crippen molar-refractivity contribution in [2.45, 2.75) is 18.5 Å². The predicted molar refractivity (Wildman–Crippen MR) is 143 cm³/mol. The molecule has 0 unspecified atom stereocenters. The van der Waals surface area contributed by atoms with Gasteiger partial charge in [-0.05, 0) is 42.8 Å². The molecule has 2 aromatic carbocycles. The number of hydrogen-bond acceptors (Lipinski definition) is 9. The minimum atomic E-state index is -4.21. The maximum Gasteiger partial charge on any atom is 0.281 e. The van der Waals surface area contributed by atoms with Crippen molar-refractivity contribution < 1.29 is 27.4 Å². The number of nitrogens with two attached hydrogens (primary N) is 1. The second-order valence-electron chi connectivity index (χ2n) is 7.96. The fraction of sp³-hybridized carbons (Fsp3) is 0.125. The minimum absolute atomic E-state index is 0.00312. The number of para-hydroxylation sites is 1. The molecule has 0 aliphatic rings. The lowest BCUT2D eigenvalue weighted by Gasteiger charge is -2.12. The van der Waals surface area contributed by atoms with E-state index in [0.717, 1.165) is 17.4 Å². The number of methoxy groups -OCH3 is 1. The van der Waals surface area contributed by atoms with Crippen LogP contribution >= 0.6 is 22.9 Å². The quantitative estimate of drug-likeness (QED) is 0.226. The summed E-state index contributed by atoms with van der Waals surface area (Å²) in [6.45, 7) is 1.80. The summed E-state index contributed by atoms with van der Waals surface area (Å²) >= 11 is 6.57. The number of sulfonamides is 1. The van der Waals surface area contributed by atoms with Crippen LogP contribution in [0.4, 0.5) is 15.2 Å². The van der Waals surface area contributed by atoms with Crippen LogP contribution in [0.5, 0.6) is 11.5 Å². The maximum atomic E-state index is 13.6. The van der Waals surface area contributed by atoms with Gasteiger partial charge in [0.2, 0.25) is 0 Å². The molecule has 4 aromatic rings. The fourth-order valence-electron chi connectivity index (χ4n) is 3.55. The van der Waals surface area contributed by atoms with Crippen LogP contribution in [-0.4, -0.2) is 36.5 Å². The van der Waals surface area contributed by atoms with Gasteiger partial charge in [0.05, 0.1) is 29.7 Å². The van der Waals surface area contributed by atoms with Gasteiger partial charge in [0.15, 0.2) is 21.7 Å². The van der Waals surface area contributed by atoms with Crippen molar-refractivity contribution >= 4 is 49.7 Å². The summed E-state index contributed by atoms with van der Waals surface area (Å²) in [5, 5.41) is 12.7. The number of benzene rings is 2. The number of hydrogen-bond donors (Lipinski definition) is 4. The Morgan fingerprint density at radius 2 is 2.03 bits per heavy atom. The van der Waals surface area contributed by atoms with E-state index in [2.05, 4.69) is 20.0 Å².